The van der Waals surface area contributed by atoms with Crippen molar-refractivity contribution in [3.63, 3.8) is 0 Å². The van der Waals surface area contributed by atoms with Gasteiger partial charge in [0, 0.05) is 22.5 Å². The molecule has 0 unspecified atom stereocenters. The average molecular weight is 408 g/mol. The van der Waals surface area contributed by atoms with E-state index in [0.29, 0.717) is 29.6 Å². The highest BCUT2D eigenvalue weighted by Gasteiger charge is 2.31. The molecule has 5 nitrogen and oxygen atoms in total. The number of hydrogen-bond donors (Lipinski definition) is 2. The lowest BCUT2D eigenvalue weighted by molar-refractivity contribution is -0.274. The number of hydrogen-bond acceptors (Lipinski definition) is 6. The second kappa shape index (κ2) is 8.47. The summed E-state index contributed by atoms with van der Waals surface area (Å²) in [6.45, 7) is 4.49. The zero-order valence-electron chi connectivity index (χ0n) is 15.2. The Morgan fingerprint density at radius 2 is 1.93 bits per heavy atom. The highest BCUT2D eigenvalue weighted by Crippen LogP contribution is 2.29. The standard InChI is InChI=1S/C19H19F3N4OS/c1-12(2)24-18-25-16(10-17(26-18)23-11-15-7-4-8-28-15)13-5-3-6-14(9-13)27-19(20,21)22/h3-10,12H,11H2,1-2H3,(H2,23,24,25,26). The predicted molar refractivity (Wildman–Crippen MR) is 105 cm³/mol. The minimum atomic E-state index is -4.75. The summed E-state index contributed by atoms with van der Waals surface area (Å²) in [5.41, 5.74) is 0.981. The second-order valence-corrected chi connectivity index (χ2v) is 7.30. The third kappa shape index (κ3) is 5.85. The summed E-state index contributed by atoms with van der Waals surface area (Å²) in [6.07, 6.45) is -4.75. The Balaban J connectivity index is 1.90. The summed E-state index contributed by atoms with van der Waals surface area (Å²) in [6, 6.07) is 11.5. The first-order valence-electron chi connectivity index (χ1n) is 8.56. The van der Waals surface area contributed by atoms with E-state index < -0.39 is 6.36 Å². The quantitative estimate of drug-likeness (QED) is 0.538. The van der Waals surface area contributed by atoms with E-state index in [2.05, 4.69) is 25.3 Å². The Morgan fingerprint density at radius 3 is 2.61 bits per heavy atom. The van der Waals surface area contributed by atoms with E-state index >= 15 is 0 Å². The van der Waals surface area contributed by atoms with Crippen LogP contribution in [-0.2, 0) is 6.54 Å². The molecule has 0 saturated carbocycles. The molecule has 3 aromatic rings. The smallest absolute Gasteiger partial charge is 0.406 e. The topological polar surface area (TPSA) is 59.1 Å². The maximum atomic E-state index is 12.5. The van der Waals surface area contributed by atoms with E-state index in [0.717, 1.165) is 4.88 Å². The molecule has 0 fully saturated rings. The molecular formula is C19H19F3N4OS. The zero-order chi connectivity index (χ0) is 20.1. The second-order valence-electron chi connectivity index (χ2n) is 6.27. The van der Waals surface area contributed by atoms with Crippen molar-refractivity contribution in [2.45, 2.75) is 32.8 Å². The fourth-order valence-corrected chi connectivity index (χ4v) is 3.10. The van der Waals surface area contributed by atoms with Crippen LogP contribution < -0.4 is 15.4 Å². The maximum Gasteiger partial charge on any atom is 0.573 e. The minimum Gasteiger partial charge on any atom is -0.406 e. The Labute approximate surface area is 164 Å². The molecule has 0 saturated heterocycles. The van der Waals surface area contributed by atoms with Gasteiger partial charge in [0.25, 0.3) is 0 Å². The van der Waals surface area contributed by atoms with Crippen LogP contribution in [0.2, 0.25) is 0 Å². The Morgan fingerprint density at radius 1 is 1.11 bits per heavy atom. The van der Waals surface area contributed by atoms with E-state index in [9.17, 15) is 13.2 Å². The molecule has 2 heterocycles. The number of benzene rings is 1. The number of thiophene rings is 1. The Hall–Kier alpha value is -2.81. The van der Waals surface area contributed by atoms with Crippen LogP contribution in [0.15, 0.2) is 47.8 Å². The van der Waals surface area contributed by atoms with E-state index in [4.69, 9.17) is 0 Å². The SMILES string of the molecule is CC(C)Nc1nc(NCc2cccs2)cc(-c2cccc(OC(F)(F)F)c2)n1. The van der Waals surface area contributed by atoms with Crippen LogP contribution in [0.4, 0.5) is 24.9 Å². The average Bonchev–Trinajstić information content (AvgIpc) is 3.11. The van der Waals surface area contributed by atoms with Gasteiger partial charge in [-0.05, 0) is 37.4 Å². The monoisotopic (exact) mass is 408 g/mol. The molecule has 0 spiro atoms. The molecule has 0 aliphatic rings. The molecule has 0 aliphatic heterocycles. The summed E-state index contributed by atoms with van der Waals surface area (Å²) < 4.78 is 41.6. The fourth-order valence-electron chi connectivity index (χ4n) is 2.45. The zero-order valence-corrected chi connectivity index (χ0v) is 16.1. The molecule has 1 aromatic carbocycles. The molecule has 0 atom stereocenters. The highest BCUT2D eigenvalue weighted by atomic mass is 32.1. The number of ether oxygens (including phenoxy) is 1. The molecule has 28 heavy (non-hydrogen) atoms. The van der Waals surface area contributed by atoms with Crippen molar-refractivity contribution in [2.75, 3.05) is 10.6 Å². The van der Waals surface area contributed by atoms with Crippen LogP contribution in [0.5, 0.6) is 5.75 Å². The van der Waals surface area contributed by atoms with Crippen LogP contribution in [0, 0.1) is 0 Å². The van der Waals surface area contributed by atoms with Gasteiger partial charge in [0.15, 0.2) is 0 Å². The first-order chi connectivity index (χ1) is 13.3. The molecule has 0 radical (unpaired) electrons. The molecular weight excluding hydrogens is 389 g/mol. The number of nitrogens with one attached hydrogen (secondary N) is 2. The van der Waals surface area contributed by atoms with Crippen molar-refractivity contribution in [2.24, 2.45) is 0 Å². The van der Waals surface area contributed by atoms with Gasteiger partial charge in [-0.3, -0.25) is 0 Å². The normalized spacial score (nSPS) is 11.5. The molecule has 0 bridgehead atoms. The van der Waals surface area contributed by atoms with E-state index in [1.165, 1.54) is 18.2 Å². The maximum absolute atomic E-state index is 12.5. The van der Waals surface area contributed by atoms with Crippen molar-refractivity contribution in [3.05, 3.63) is 52.7 Å². The third-order valence-corrected chi connectivity index (χ3v) is 4.41. The third-order valence-electron chi connectivity index (χ3n) is 3.53. The molecule has 3 rings (SSSR count). The molecule has 0 aliphatic carbocycles. The Kier molecular flexibility index (Phi) is 6.03. The number of alkyl halides is 3. The van der Waals surface area contributed by atoms with Gasteiger partial charge in [0.05, 0.1) is 12.2 Å². The van der Waals surface area contributed by atoms with Gasteiger partial charge < -0.3 is 15.4 Å². The van der Waals surface area contributed by atoms with Crippen molar-refractivity contribution in [1.82, 2.24) is 9.97 Å². The van der Waals surface area contributed by atoms with Crippen LogP contribution >= 0.6 is 11.3 Å². The van der Waals surface area contributed by atoms with Crippen LogP contribution in [0.25, 0.3) is 11.3 Å². The lowest BCUT2D eigenvalue weighted by Crippen LogP contribution is -2.17. The van der Waals surface area contributed by atoms with Crippen molar-refractivity contribution in [1.29, 1.82) is 0 Å². The molecule has 9 heteroatoms. The van der Waals surface area contributed by atoms with Gasteiger partial charge in [-0.15, -0.1) is 24.5 Å². The number of nitrogens with zero attached hydrogens (tertiary/aromatic N) is 2. The number of aromatic nitrogens is 2. The van der Waals surface area contributed by atoms with Gasteiger partial charge >= 0.3 is 6.36 Å². The number of halogens is 3. The van der Waals surface area contributed by atoms with E-state index in [1.54, 1.807) is 23.5 Å². The van der Waals surface area contributed by atoms with Gasteiger partial charge in [-0.25, -0.2) is 4.98 Å². The number of anilines is 2. The van der Waals surface area contributed by atoms with Gasteiger partial charge in [0.2, 0.25) is 5.95 Å². The molecule has 0 amide bonds. The Bertz CT molecular complexity index is 914. The van der Waals surface area contributed by atoms with E-state index in [-0.39, 0.29) is 11.8 Å². The minimum absolute atomic E-state index is 0.0975. The van der Waals surface area contributed by atoms with Crippen LogP contribution in [0.3, 0.4) is 0 Å². The summed E-state index contributed by atoms with van der Waals surface area (Å²) in [7, 11) is 0. The van der Waals surface area contributed by atoms with Crippen molar-refractivity contribution in [3.8, 4) is 17.0 Å². The summed E-state index contributed by atoms with van der Waals surface area (Å²) in [5.74, 6) is 0.669. The summed E-state index contributed by atoms with van der Waals surface area (Å²) in [5, 5.41) is 8.35. The fraction of sp³-hybridized carbons (Fsp3) is 0.263. The van der Waals surface area contributed by atoms with Crippen LogP contribution in [-0.4, -0.2) is 22.4 Å². The lowest BCUT2D eigenvalue weighted by atomic mass is 10.1. The molecule has 2 N–H and O–H groups in total. The summed E-state index contributed by atoms with van der Waals surface area (Å²) >= 11 is 1.62. The molecule has 148 valence electrons. The van der Waals surface area contributed by atoms with Gasteiger partial charge in [-0.2, -0.15) is 4.98 Å². The van der Waals surface area contributed by atoms with Gasteiger partial charge in [-0.1, -0.05) is 18.2 Å². The van der Waals surface area contributed by atoms with Gasteiger partial charge in [0.1, 0.15) is 11.6 Å². The first-order valence-corrected chi connectivity index (χ1v) is 9.44. The molecule has 2 aromatic heterocycles. The van der Waals surface area contributed by atoms with Crippen molar-refractivity contribution >= 4 is 23.1 Å². The van der Waals surface area contributed by atoms with E-state index in [1.807, 2.05) is 31.4 Å². The predicted octanol–water partition coefficient (Wildman–Crippen LogP) is 5.54. The lowest BCUT2D eigenvalue weighted by Gasteiger charge is -2.14. The van der Waals surface area contributed by atoms with Crippen molar-refractivity contribution < 1.29 is 17.9 Å². The number of rotatable bonds is 7. The first kappa shape index (κ1) is 19.9. The van der Waals surface area contributed by atoms with Crippen LogP contribution in [0.1, 0.15) is 18.7 Å². The largest absolute Gasteiger partial charge is 0.573 e. The highest BCUT2D eigenvalue weighted by molar-refractivity contribution is 7.09. The summed E-state index contributed by atoms with van der Waals surface area (Å²) in [4.78, 5) is 10.0.